The zero-order valence-electron chi connectivity index (χ0n) is 12.7. The topological polar surface area (TPSA) is 82.7 Å². The molecule has 2 aromatic heterocycles. The van der Waals surface area contributed by atoms with Crippen LogP contribution in [0.25, 0.3) is 10.9 Å². The molecule has 0 radical (unpaired) electrons. The van der Waals surface area contributed by atoms with E-state index >= 15 is 0 Å². The van der Waals surface area contributed by atoms with Crippen molar-refractivity contribution in [3.8, 4) is 0 Å². The summed E-state index contributed by atoms with van der Waals surface area (Å²) in [4.78, 5) is 16.6. The lowest BCUT2D eigenvalue weighted by molar-refractivity contribution is 0.0936. The molecule has 0 aliphatic heterocycles. The Morgan fingerprint density at radius 1 is 1.30 bits per heavy atom. The van der Waals surface area contributed by atoms with Crippen molar-refractivity contribution in [1.29, 1.82) is 0 Å². The maximum absolute atomic E-state index is 13.2. The zero-order valence-corrected chi connectivity index (χ0v) is 12.7. The first-order valence-electron chi connectivity index (χ1n) is 7.16. The van der Waals surface area contributed by atoms with Crippen molar-refractivity contribution >= 4 is 22.6 Å². The molecule has 0 fully saturated rings. The molecule has 0 saturated heterocycles. The Morgan fingerprint density at radius 3 is 2.91 bits per heavy atom. The lowest BCUT2D eigenvalue weighted by Crippen LogP contribution is -2.27. The summed E-state index contributed by atoms with van der Waals surface area (Å²) in [6, 6.07) is 7.64. The van der Waals surface area contributed by atoms with Gasteiger partial charge in [0.25, 0.3) is 5.91 Å². The number of anilines is 1. The number of hydrogen-bond donors (Lipinski definition) is 3. The Balaban J connectivity index is 1.82. The summed E-state index contributed by atoms with van der Waals surface area (Å²) in [6.45, 7) is 1.88. The van der Waals surface area contributed by atoms with E-state index in [-0.39, 0.29) is 23.5 Å². The second-order valence-corrected chi connectivity index (χ2v) is 5.18. The molecular weight excluding hydrogens is 297 g/mol. The number of nitrogens with zero attached hydrogens (tertiary/aromatic N) is 2. The molecule has 3 aromatic rings. The number of nitrogens with one attached hydrogen (secondary N) is 3. The van der Waals surface area contributed by atoms with Crippen LogP contribution in [0.3, 0.4) is 0 Å². The molecule has 1 aromatic carbocycles. The number of amides is 1. The van der Waals surface area contributed by atoms with E-state index in [1.54, 1.807) is 19.3 Å². The fourth-order valence-electron chi connectivity index (χ4n) is 2.37. The number of halogens is 1. The Morgan fingerprint density at radius 2 is 2.13 bits per heavy atom. The Kier molecular flexibility index (Phi) is 3.92. The average Bonchev–Trinajstić information content (AvgIpc) is 2.97. The summed E-state index contributed by atoms with van der Waals surface area (Å²) in [7, 11) is 1.78. The highest BCUT2D eigenvalue weighted by Gasteiger charge is 2.17. The van der Waals surface area contributed by atoms with Crippen LogP contribution in [-0.4, -0.2) is 28.1 Å². The Labute approximate surface area is 132 Å². The van der Waals surface area contributed by atoms with Gasteiger partial charge in [0.05, 0.1) is 11.6 Å². The first kappa shape index (κ1) is 15.0. The van der Waals surface area contributed by atoms with Gasteiger partial charge in [0.1, 0.15) is 11.6 Å². The van der Waals surface area contributed by atoms with Crippen LogP contribution in [0.2, 0.25) is 0 Å². The van der Waals surface area contributed by atoms with Gasteiger partial charge in [-0.1, -0.05) is 0 Å². The molecule has 0 bridgehead atoms. The van der Waals surface area contributed by atoms with Gasteiger partial charge in [-0.25, -0.2) is 9.37 Å². The Hall–Kier alpha value is -2.96. The second-order valence-electron chi connectivity index (χ2n) is 5.18. The van der Waals surface area contributed by atoms with Gasteiger partial charge >= 0.3 is 0 Å². The molecule has 3 rings (SSSR count). The molecule has 23 heavy (non-hydrogen) atoms. The molecule has 1 unspecified atom stereocenters. The minimum Gasteiger partial charge on any atom is -0.373 e. The molecular formula is C16H16FN5O. The van der Waals surface area contributed by atoms with E-state index < -0.39 is 0 Å². The van der Waals surface area contributed by atoms with Crippen LogP contribution in [0.15, 0.2) is 36.5 Å². The monoisotopic (exact) mass is 313 g/mol. The van der Waals surface area contributed by atoms with Gasteiger partial charge in [-0.15, -0.1) is 0 Å². The highest BCUT2D eigenvalue weighted by Crippen LogP contribution is 2.19. The maximum Gasteiger partial charge on any atom is 0.272 e. The van der Waals surface area contributed by atoms with Gasteiger partial charge in [-0.2, -0.15) is 5.10 Å². The predicted molar refractivity (Wildman–Crippen MR) is 85.7 cm³/mol. The molecule has 1 atom stereocenters. The van der Waals surface area contributed by atoms with Crippen LogP contribution >= 0.6 is 0 Å². The number of carbonyl (C=O) groups is 1. The van der Waals surface area contributed by atoms with Gasteiger partial charge in [0.2, 0.25) is 0 Å². The number of aromatic amines is 1. The van der Waals surface area contributed by atoms with E-state index in [1.165, 1.54) is 12.1 Å². The number of hydrogen-bond acceptors (Lipinski definition) is 4. The van der Waals surface area contributed by atoms with E-state index in [2.05, 4.69) is 25.8 Å². The van der Waals surface area contributed by atoms with Crippen LogP contribution in [0, 0.1) is 5.82 Å². The molecule has 1 amide bonds. The Bertz CT molecular complexity index is 861. The largest absolute Gasteiger partial charge is 0.373 e. The van der Waals surface area contributed by atoms with Crippen LogP contribution < -0.4 is 10.6 Å². The number of H-pyrrole nitrogens is 1. The van der Waals surface area contributed by atoms with Crippen molar-refractivity contribution in [1.82, 2.24) is 20.5 Å². The lowest BCUT2D eigenvalue weighted by atomic mass is 10.1. The lowest BCUT2D eigenvalue weighted by Gasteiger charge is -2.14. The standard InChI is InChI=1S/C16H16FN5O/c1-9(10-5-6-19-14(7-10)18-2)20-16(23)15-12-4-3-11(17)8-13(12)21-22-15/h3-9H,1-2H3,(H,18,19)(H,20,23)(H,21,22). The van der Waals surface area contributed by atoms with Crippen LogP contribution in [0.5, 0.6) is 0 Å². The van der Waals surface area contributed by atoms with Crippen molar-refractivity contribution in [2.75, 3.05) is 12.4 Å². The minimum atomic E-state index is -0.377. The number of carbonyl (C=O) groups excluding carboxylic acids is 1. The first-order chi connectivity index (χ1) is 11.1. The van der Waals surface area contributed by atoms with Crippen molar-refractivity contribution in [3.63, 3.8) is 0 Å². The minimum absolute atomic E-state index is 0.218. The third-order valence-corrected chi connectivity index (χ3v) is 3.63. The summed E-state index contributed by atoms with van der Waals surface area (Å²) in [5.74, 6) is 0.0281. The van der Waals surface area contributed by atoms with E-state index in [4.69, 9.17) is 0 Å². The van der Waals surface area contributed by atoms with Crippen LogP contribution in [0.1, 0.15) is 29.0 Å². The fraction of sp³-hybridized carbons (Fsp3) is 0.188. The molecule has 2 heterocycles. The van der Waals surface area contributed by atoms with Crippen molar-refractivity contribution in [2.24, 2.45) is 0 Å². The van der Waals surface area contributed by atoms with Crippen molar-refractivity contribution in [2.45, 2.75) is 13.0 Å². The van der Waals surface area contributed by atoms with E-state index in [1.807, 2.05) is 19.1 Å². The van der Waals surface area contributed by atoms with Gasteiger partial charge in [-0.3, -0.25) is 9.89 Å². The predicted octanol–water partition coefficient (Wildman–Crippen LogP) is 2.63. The van der Waals surface area contributed by atoms with Crippen molar-refractivity contribution in [3.05, 3.63) is 53.6 Å². The molecule has 0 aliphatic rings. The number of pyridine rings is 1. The van der Waals surface area contributed by atoms with Gasteiger partial charge in [0.15, 0.2) is 5.69 Å². The molecule has 118 valence electrons. The summed E-state index contributed by atoms with van der Waals surface area (Å²) in [6.07, 6.45) is 1.68. The van der Waals surface area contributed by atoms with Crippen LogP contribution in [0.4, 0.5) is 10.2 Å². The highest BCUT2D eigenvalue weighted by atomic mass is 19.1. The maximum atomic E-state index is 13.2. The van der Waals surface area contributed by atoms with E-state index in [0.717, 1.165) is 11.4 Å². The smallest absolute Gasteiger partial charge is 0.272 e. The third kappa shape index (κ3) is 2.98. The summed E-state index contributed by atoms with van der Waals surface area (Å²) >= 11 is 0. The zero-order chi connectivity index (χ0) is 16.4. The molecule has 6 nitrogen and oxygen atoms in total. The average molecular weight is 313 g/mol. The molecule has 7 heteroatoms. The number of aromatic nitrogens is 3. The number of rotatable bonds is 4. The molecule has 0 aliphatic carbocycles. The normalized spacial score (nSPS) is 12.1. The highest BCUT2D eigenvalue weighted by molar-refractivity contribution is 6.04. The fourth-order valence-corrected chi connectivity index (χ4v) is 2.37. The molecule has 3 N–H and O–H groups in total. The summed E-state index contributed by atoms with van der Waals surface area (Å²) < 4.78 is 13.2. The van der Waals surface area contributed by atoms with Crippen LogP contribution in [-0.2, 0) is 0 Å². The van der Waals surface area contributed by atoms with Gasteiger partial charge in [0, 0.05) is 18.6 Å². The summed E-state index contributed by atoms with van der Waals surface area (Å²) in [5.41, 5.74) is 1.66. The van der Waals surface area contributed by atoms with Gasteiger partial charge in [-0.05, 0) is 42.8 Å². The first-order valence-corrected chi connectivity index (χ1v) is 7.16. The SMILES string of the molecule is CNc1cc(C(C)NC(=O)c2n[nH]c3cc(F)ccc23)ccn1. The number of benzene rings is 1. The quantitative estimate of drug-likeness (QED) is 0.691. The second kappa shape index (κ2) is 6.04. The van der Waals surface area contributed by atoms with Crippen molar-refractivity contribution < 1.29 is 9.18 Å². The van der Waals surface area contributed by atoms with E-state index in [0.29, 0.717) is 10.9 Å². The van der Waals surface area contributed by atoms with E-state index in [9.17, 15) is 9.18 Å². The van der Waals surface area contributed by atoms with Gasteiger partial charge < -0.3 is 10.6 Å². The molecule has 0 spiro atoms. The molecule has 0 saturated carbocycles. The summed E-state index contributed by atoms with van der Waals surface area (Å²) in [5, 5.41) is 13.1. The third-order valence-electron chi connectivity index (χ3n) is 3.63. The number of fused-ring (bicyclic) bond motifs is 1.